The van der Waals surface area contributed by atoms with Gasteiger partial charge in [0.25, 0.3) is 0 Å². The average Bonchev–Trinajstić information content (AvgIpc) is 2.68. The molecule has 0 aliphatic carbocycles. The van der Waals surface area contributed by atoms with Crippen molar-refractivity contribution in [3.05, 3.63) is 47.5 Å². The lowest BCUT2D eigenvalue weighted by Crippen LogP contribution is -2.36. The van der Waals surface area contributed by atoms with Crippen LogP contribution in [0.25, 0.3) is 0 Å². The lowest BCUT2D eigenvalue weighted by atomic mass is 10.1. The van der Waals surface area contributed by atoms with E-state index in [9.17, 15) is 0 Å². The molecule has 1 aliphatic rings. The highest BCUT2D eigenvalue weighted by atomic mass is 16.5. The van der Waals surface area contributed by atoms with Crippen LogP contribution in [-0.4, -0.2) is 44.9 Å². The van der Waals surface area contributed by atoms with Crippen molar-refractivity contribution in [2.75, 3.05) is 49.7 Å². The molecule has 1 aromatic heterocycles. The monoisotopic (exact) mass is 353 g/mol. The smallest absolute Gasteiger partial charge is 0.178 e. The van der Waals surface area contributed by atoms with Gasteiger partial charge < -0.3 is 14.5 Å². The Morgan fingerprint density at radius 1 is 1.19 bits per heavy atom. The van der Waals surface area contributed by atoms with E-state index in [1.54, 1.807) is 0 Å². The molecule has 1 fully saturated rings. The maximum Gasteiger partial charge on any atom is 0.178 e. The molecular weight excluding hydrogens is 326 g/mol. The summed E-state index contributed by atoms with van der Waals surface area (Å²) in [5.74, 6) is 1.57. The first-order valence-corrected chi connectivity index (χ1v) is 9.14. The van der Waals surface area contributed by atoms with Crippen molar-refractivity contribution < 1.29 is 4.74 Å². The number of ether oxygens (including phenoxy) is 1. The summed E-state index contributed by atoms with van der Waals surface area (Å²) in [6, 6.07) is 12.5. The highest BCUT2D eigenvalue weighted by Crippen LogP contribution is 2.26. The minimum Gasteiger partial charge on any atom is -0.378 e. The van der Waals surface area contributed by atoms with Gasteiger partial charge in [0.15, 0.2) is 5.82 Å². The molecule has 1 saturated heterocycles. The molecule has 0 spiro atoms. The van der Waals surface area contributed by atoms with Crippen LogP contribution in [0.1, 0.15) is 18.1 Å². The number of hydrogen-bond acceptors (Lipinski definition) is 6. The van der Waals surface area contributed by atoms with Crippen LogP contribution in [0.5, 0.6) is 0 Å². The molecule has 1 aliphatic heterocycles. The fourth-order valence-corrected chi connectivity index (χ4v) is 2.90. The highest BCUT2D eigenvalue weighted by Gasteiger charge is 2.14. The Morgan fingerprint density at radius 3 is 2.73 bits per heavy atom. The molecule has 6 nitrogen and oxygen atoms in total. The van der Waals surface area contributed by atoms with E-state index < -0.39 is 0 Å². The van der Waals surface area contributed by atoms with E-state index in [0.29, 0.717) is 12.4 Å². The number of morpholine rings is 1. The molecule has 0 atom stereocenters. The molecule has 2 aromatic rings. The number of azo groups is 1. The Hall–Kier alpha value is -2.47. The van der Waals surface area contributed by atoms with Crippen molar-refractivity contribution >= 4 is 17.3 Å². The molecule has 1 aromatic carbocycles. The molecule has 0 unspecified atom stereocenters. The normalized spacial score (nSPS) is 14.8. The first-order valence-electron chi connectivity index (χ1n) is 9.14. The molecular formula is C20H27N5O. The fraction of sp³-hybridized carbons (Fsp3) is 0.450. The summed E-state index contributed by atoms with van der Waals surface area (Å²) in [6.07, 6.45) is 0. The molecule has 138 valence electrons. The topological polar surface area (TPSA) is 53.3 Å². The van der Waals surface area contributed by atoms with Gasteiger partial charge in [0.1, 0.15) is 5.82 Å². The van der Waals surface area contributed by atoms with E-state index in [2.05, 4.69) is 63.1 Å². The van der Waals surface area contributed by atoms with Crippen LogP contribution in [0.2, 0.25) is 0 Å². The van der Waals surface area contributed by atoms with E-state index in [1.807, 2.05) is 19.2 Å². The third kappa shape index (κ3) is 4.79. The van der Waals surface area contributed by atoms with Crippen LogP contribution in [0.15, 0.2) is 46.6 Å². The van der Waals surface area contributed by atoms with Crippen molar-refractivity contribution in [1.29, 1.82) is 0 Å². The lowest BCUT2D eigenvalue weighted by Gasteiger charge is -2.29. The van der Waals surface area contributed by atoms with Gasteiger partial charge in [0.05, 0.1) is 19.8 Å². The second-order valence-corrected chi connectivity index (χ2v) is 6.54. The Morgan fingerprint density at radius 2 is 2.00 bits per heavy atom. The first kappa shape index (κ1) is 18.3. The van der Waals surface area contributed by atoms with Gasteiger partial charge in [-0.3, -0.25) is 0 Å². The number of aryl methyl sites for hydroxylation is 1. The molecule has 3 rings (SSSR count). The summed E-state index contributed by atoms with van der Waals surface area (Å²) in [7, 11) is 2.04. The molecule has 26 heavy (non-hydrogen) atoms. The quantitative estimate of drug-likeness (QED) is 0.738. The van der Waals surface area contributed by atoms with E-state index in [1.165, 1.54) is 5.56 Å². The number of hydrogen-bond donors (Lipinski definition) is 0. The Kier molecular flexibility index (Phi) is 6.17. The maximum atomic E-state index is 5.46. The zero-order valence-electron chi connectivity index (χ0n) is 15.9. The highest BCUT2D eigenvalue weighted by molar-refractivity contribution is 5.60. The van der Waals surface area contributed by atoms with Crippen molar-refractivity contribution in [2.45, 2.75) is 20.4 Å². The average molecular weight is 353 g/mol. The third-order valence-electron chi connectivity index (χ3n) is 4.53. The number of benzene rings is 1. The molecule has 0 amide bonds. The standard InChI is InChI=1S/C20H27N5O/c1-4-24(3)20-14-18(25-8-10-26-11-9-25)13-19(22-20)23-21-15-17-7-5-6-16(2)12-17/h5-7,12-14H,4,8-11,15H2,1-3H3. The minimum atomic E-state index is 0.560. The van der Waals surface area contributed by atoms with Gasteiger partial charge in [0.2, 0.25) is 0 Å². The van der Waals surface area contributed by atoms with E-state index in [-0.39, 0.29) is 0 Å². The summed E-state index contributed by atoms with van der Waals surface area (Å²) >= 11 is 0. The SMILES string of the molecule is CCN(C)c1cc(N2CCOCC2)cc(N=NCc2cccc(C)c2)n1. The van der Waals surface area contributed by atoms with Gasteiger partial charge in [-0.2, -0.15) is 5.11 Å². The summed E-state index contributed by atoms with van der Waals surface area (Å²) in [6.45, 7) is 8.93. The van der Waals surface area contributed by atoms with Crippen LogP contribution in [0, 0.1) is 6.92 Å². The van der Waals surface area contributed by atoms with Crippen molar-refractivity contribution in [2.24, 2.45) is 10.2 Å². The van der Waals surface area contributed by atoms with Crippen molar-refractivity contribution in [3.63, 3.8) is 0 Å². The molecule has 0 radical (unpaired) electrons. The predicted octanol–water partition coefficient (Wildman–Crippen LogP) is 3.97. The maximum absolute atomic E-state index is 5.46. The fourth-order valence-electron chi connectivity index (χ4n) is 2.90. The summed E-state index contributed by atoms with van der Waals surface area (Å²) < 4.78 is 5.46. The summed E-state index contributed by atoms with van der Waals surface area (Å²) in [5.41, 5.74) is 3.52. The minimum absolute atomic E-state index is 0.560. The third-order valence-corrected chi connectivity index (χ3v) is 4.53. The molecule has 6 heteroatoms. The van der Waals surface area contributed by atoms with E-state index in [0.717, 1.165) is 49.9 Å². The van der Waals surface area contributed by atoms with E-state index >= 15 is 0 Å². The van der Waals surface area contributed by atoms with Crippen LogP contribution >= 0.6 is 0 Å². The Balaban J connectivity index is 1.81. The molecule has 2 heterocycles. The van der Waals surface area contributed by atoms with Crippen molar-refractivity contribution in [3.8, 4) is 0 Å². The van der Waals surface area contributed by atoms with E-state index in [4.69, 9.17) is 4.74 Å². The number of anilines is 2. The van der Waals surface area contributed by atoms with Gasteiger partial charge in [-0.25, -0.2) is 4.98 Å². The Bertz CT molecular complexity index is 756. The Labute approximate surface area is 155 Å². The van der Waals surface area contributed by atoms with Gasteiger partial charge in [0, 0.05) is 44.5 Å². The lowest BCUT2D eigenvalue weighted by molar-refractivity contribution is 0.122. The number of rotatable bonds is 6. The van der Waals surface area contributed by atoms with Gasteiger partial charge in [-0.15, -0.1) is 5.11 Å². The van der Waals surface area contributed by atoms with Crippen LogP contribution in [0.4, 0.5) is 17.3 Å². The second kappa shape index (κ2) is 8.76. The van der Waals surface area contributed by atoms with Crippen LogP contribution in [0.3, 0.4) is 0 Å². The molecule has 0 bridgehead atoms. The van der Waals surface area contributed by atoms with Crippen LogP contribution in [-0.2, 0) is 11.3 Å². The number of aromatic nitrogens is 1. The zero-order chi connectivity index (χ0) is 18.4. The molecule has 0 N–H and O–H groups in total. The van der Waals surface area contributed by atoms with Gasteiger partial charge >= 0.3 is 0 Å². The second-order valence-electron chi connectivity index (χ2n) is 6.54. The molecule has 0 saturated carbocycles. The van der Waals surface area contributed by atoms with Gasteiger partial charge in [-0.1, -0.05) is 29.8 Å². The largest absolute Gasteiger partial charge is 0.378 e. The zero-order valence-corrected chi connectivity index (χ0v) is 15.9. The summed E-state index contributed by atoms with van der Waals surface area (Å²) in [4.78, 5) is 9.09. The van der Waals surface area contributed by atoms with Crippen LogP contribution < -0.4 is 9.80 Å². The predicted molar refractivity (Wildman–Crippen MR) is 106 cm³/mol. The van der Waals surface area contributed by atoms with Gasteiger partial charge in [-0.05, 0) is 19.4 Å². The number of pyridine rings is 1. The number of nitrogens with zero attached hydrogens (tertiary/aromatic N) is 5. The van der Waals surface area contributed by atoms with Crippen molar-refractivity contribution in [1.82, 2.24) is 4.98 Å². The summed E-state index contributed by atoms with van der Waals surface area (Å²) in [5, 5.41) is 8.76. The first-order chi connectivity index (χ1) is 12.7.